The number of hydrogen-bond acceptors (Lipinski definition) is 3. The van der Waals surface area contributed by atoms with E-state index in [2.05, 4.69) is 6.58 Å². The molecule has 4 heteroatoms. The normalized spacial score (nSPS) is 21.8. The predicted octanol–water partition coefficient (Wildman–Crippen LogP) is 4.09. The molecule has 2 rings (SSSR count). The largest absolute Gasteiger partial charge is 0.443 e. The third-order valence-corrected chi connectivity index (χ3v) is 3.63. The van der Waals surface area contributed by atoms with E-state index in [0.29, 0.717) is 12.8 Å². The minimum absolute atomic E-state index is 0.178. The number of ether oxygens (including phenoxy) is 1. The van der Waals surface area contributed by atoms with Gasteiger partial charge in [0.1, 0.15) is 5.60 Å². The molecule has 0 N–H and O–H groups in total. The lowest BCUT2D eigenvalue weighted by Gasteiger charge is -2.27. The fourth-order valence-corrected chi connectivity index (χ4v) is 2.71. The van der Waals surface area contributed by atoms with Gasteiger partial charge in [-0.15, -0.1) is 6.58 Å². The van der Waals surface area contributed by atoms with Crippen molar-refractivity contribution in [2.75, 3.05) is 0 Å². The molecule has 22 heavy (non-hydrogen) atoms. The molecule has 0 spiro atoms. The van der Waals surface area contributed by atoms with Gasteiger partial charge in [0.15, 0.2) is 0 Å². The highest BCUT2D eigenvalue weighted by atomic mass is 16.6. The van der Waals surface area contributed by atoms with Gasteiger partial charge in [0.2, 0.25) is 5.91 Å². The monoisotopic (exact) mass is 301 g/mol. The second-order valence-corrected chi connectivity index (χ2v) is 6.57. The molecule has 4 nitrogen and oxygen atoms in total. The Labute approximate surface area is 131 Å². The molecular weight excluding hydrogens is 278 g/mol. The van der Waals surface area contributed by atoms with Crippen LogP contribution in [0.4, 0.5) is 4.79 Å². The number of hydrogen-bond donors (Lipinski definition) is 0. The Morgan fingerprint density at radius 3 is 2.55 bits per heavy atom. The van der Waals surface area contributed by atoms with Gasteiger partial charge in [0.25, 0.3) is 0 Å². The third-order valence-electron chi connectivity index (χ3n) is 3.63. The van der Waals surface area contributed by atoms with E-state index in [4.69, 9.17) is 4.74 Å². The van der Waals surface area contributed by atoms with Gasteiger partial charge in [-0.1, -0.05) is 36.4 Å². The van der Waals surface area contributed by atoms with E-state index in [1.54, 1.807) is 26.8 Å². The first-order valence-electron chi connectivity index (χ1n) is 7.55. The molecule has 1 aromatic rings. The fraction of sp³-hybridized carbons (Fsp3) is 0.444. The van der Waals surface area contributed by atoms with E-state index in [-0.39, 0.29) is 17.9 Å². The van der Waals surface area contributed by atoms with Gasteiger partial charge in [-0.3, -0.25) is 4.79 Å². The zero-order valence-electron chi connectivity index (χ0n) is 13.4. The minimum atomic E-state index is -0.630. The first kappa shape index (κ1) is 16.3. The van der Waals surface area contributed by atoms with Crippen LogP contribution >= 0.6 is 0 Å². The summed E-state index contributed by atoms with van der Waals surface area (Å²) in [5, 5.41) is 0. The van der Waals surface area contributed by atoms with Crippen LogP contribution in [0.1, 0.15) is 45.2 Å². The molecule has 2 amide bonds. The standard InChI is InChI=1S/C18H23NO3/c1-5-9-14-12-15(13-10-7-6-8-11-13)19(16(14)20)17(21)22-18(2,3)4/h5-8,10-11,14-15H,1,9,12H2,2-4H3/t14-,15-/m0/s1. The Morgan fingerprint density at radius 1 is 1.36 bits per heavy atom. The fourth-order valence-electron chi connectivity index (χ4n) is 2.71. The van der Waals surface area contributed by atoms with Gasteiger partial charge in [-0.05, 0) is 39.2 Å². The molecule has 118 valence electrons. The van der Waals surface area contributed by atoms with Gasteiger partial charge in [-0.25, -0.2) is 9.69 Å². The van der Waals surface area contributed by atoms with Gasteiger partial charge in [0, 0.05) is 5.92 Å². The predicted molar refractivity (Wildman–Crippen MR) is 85.2 cm³/mol. The maximum absolute atomic E-state index is 12.6. The number of carbonyl (C=O) groups is 2. The molecule has 1 aliphatic rings. The van der Waals surface area contributed by atoms with Crippen LogP contribution in [-0.4, -0.2) is 22.5 Å². The van der Waals surface area contributed by atoms with Crippen molar-refractivity contribution in [3.05, 3.63) is 48.6 Å². The van der Waals surface area contributed by atoms with E-state index >= 15 is 0 Å². The van der Waals surface area contributed by atoms with Crippen LogP contribution in [0.5, 0.6) is 0 Å². The lowest BCUT2D eigenvalue weighted by Crippen LogP contribution is -2.39. The van der Waals surface area contributed by atoms with Crippen LogP contribution in [0.15, 0.2) is 43.0 Å². The Bertz CT molecular complexity index is 559. The second kappa shape index (κ2) is 6.34. The number of allylic oxidation sites excluding steroid dienone is 1. The molecule has 1 fully saturated rings. The zero-order valence-corrected chi connectivity index (χ0v) is 13.4. The number of carbonyl (C=O) groups excluding carboxylic acids is 2. The maximum atomic E-state index is 12.6. The van der Waals surface area contributed by atoms with E-state index in [0.717, 1.165) is 5.56 Å². The number of rotatable bonds is 3. The number of imide groups is 1. The van der Waals surface area contributed by atoms with Crippen molar-refractivity contribution < 1.29 is 14.3 Å². The van der Waals surface area contributed by atoms with Gasteiger partial charge in [-0.2, -0.15) is 0 Å². The maximum Gasteiger partial charge on any atom is 0.417 e. The van der Waals surface area contributed by atoms with Crippen molar-refractivity contribution in [1.29, 1.82) is 0 Å². The molecule has 1 aromatic carbocycles. The van der Waals surface area contributed by atoms with Crippen molar-refractivity contribution in [3.8, 4) is 0 Å². The lowest BCUT2D eigenvalue weighted by atomic mass is 9.97. The lowest BCUT2D eigenvalue weighted by molar-refractivity contribution is -0.131. The molecule has 2 atom stereocenters. The number of amides is 2. The van der Waals surface area contributed by atoms with Crippen LogP contribution < -0.4 is 0 Å². The highest BCUT2D eigenvalue weighted by molar-refractivity contribution is 5.96. The van der Waals surface area contributed by atoms with Crippen molar-refractivity contribution >= 4 is 12.0 Å². The Morgan fingerprint density at radius 2 is 2.00 bits per heavy atom. The summed E-state index contributed by atoms with van der Waals surface area (Å²) in [7, 11) is 0. The second-order valence-electron chi connectivity index (χ2n) is 6.57. The number of benzene rings is 1. The average molecular weight is 301 g/mol. The molecule has 0 aliphatic carbocycles. The quantitative estimate of drug-likeness (QED) is 0.790. The molecule has 0 unspecified atom stereocenters. The minimum Gasteiger partial charge on any atom is -0.443 e. The topological polar surface area (TPSA) is 46.6 Å². The van der Waals surface area contributed by atoms with E-state index in [1.807, 2.05) is 30.3 Å². The summed E-state index contributed by atoms with van der Waals surface area (Å²) in [6.07, 6.45) is 2.33. The highest BCUT2D eigenvalue weighted by Gasteiger charge is 2.44. The van der Waals surface area contributed by atoms with E-state index in [9.17, 15) is 9.59 Å². The zero-order chi connectivity index (χ0) is 16.3. The van der Waals surface area contributed by atoms with Crippen molar-refractivity contribution in [1.82, 2.24) is 4.90 Å². The Kier molecular flexibility index (Phi) is 4.69. The van der Waals surface area contributed by atoms with E-state index < -0.39 is 11.7 Å². The molecule has 0 saturated carbocycles. The molecule has 0 radical (unpaired) electrons. The SMILES string of the molecule is C=CC[C@H]1C[C@@H](c2ccccc2)N(C(=O)OC(C)(C)C)C1=O. The number of likely N-dealkylation sites (tertiary alicyclic amines) is 1. The van der Waals surface area contributed by atoms with Crippen LogP contribution in [0.25, 0.3) is 0 Å². The van der Waals surface area contributed by atoms with Crippen molar-refractivity contribution in [2.45, 2.75) is 45.3 Å². The Balaban J connectivity index is 2.30. The molecule has 0 bridgehead atoms. The summed E-state index contributed by atoms with van der Waals surface area (Å²) in [5.41, 5.74) is 0.322. The van der Waals surface area contributed by atoms with Gasteiger partial charge in [0.05, 0.1) is 6.04 Å². The summed E-state index contributed by atoms with van der Waals surface area (Å²) in [6.45, 7) is 9.09. The number of nitrogens with zero attached hydrogens (tertiary/aromatic N) is 1. The molecular formula is C18H23NO3. The van der Waals surface area contributed by atoms with E-state index in [1.165, 1.54) is 4.90 Å². The van der Waals surface area contributed by atoms with Crippen LogP contribution in [0, 0.1) is 5.92 Å². The average Bonchev–Trinajstić information content (AvgIpc) is 2.76. The summed E-state index contributed by atoms with van der Waals surface area (Å²) in [6, 6.07) is 9.34. The Hall–Kier alpha value is -2.10. The summed E-state index contributed by atoms with van der Waals surface area (Å²) in [5.74, 6) is -0.391. The summed E-state index contributed by atoms with van der Waals surface area (Å²) in [4.78, 5) is 26.3. The molecule has 1 aliphatic heterocycles. The van der Waals surface area contributed by atoms with Crippen LogP contribution in [-0.2, 0) is 9.53 Å². The first-order valence-corrected chi connectivity index (χ1v) is 7.55. The molecule has 0 aromatic heterocycles. The van der Waals surface area contributed by atoms with Crippen molar-refractivity contribution in [2.24, 2.45) is 5.92 Å². The molecule has 1 heterocycles. The van der Waals surface area contributed by atoms with Crippen LogP contribution in [0.3, 0.4) is 0 Å². The first-order chi connectivity index (χ1) is 10.3. The van der Waals surface area contributed by atoms with Crippen LogP contribution in [0.2, 0.25) is 0 Å². The summed E-state index contributed by atoms with van der Waals surface area (Å²) >= 11 is 0. The van der Waals surface area contributed by atoms with Gasteiger partial charge >= 0.3 is 6.09 Å². The highest BCUT2D eigenvalue weighted by Crippen LogP contribution is 2.38. The summed E-state index contributed by atoms with van der Waals surface area (Å²) < 4.78 is 5.41. The third kappa shape index (κ3) is 3.56. The van der Waals surface area contributed by atoms with Gasteiger partial charge < -0.3 is 4.74 Å². The molecule has 1 saturated heterocycles. The smallest absolute Gasteiger partial charge is 0.417 e. The van der Waals surface area contributed by atoms with Crippen molar-refractivity contribution in [3.63, 3.8) is 0 Å².